The Morgan fingerprint density at radius 1 is 1.40 bits per heavy atom. The molecular formula is C7H4N3. The molecule has 0 spiro atoms. The van der Waals surface area contributed by atoms with Crippen molar-refractivity contribution in [3.05, 3.63) is 30.5 Å². The minimum absolute atomic E-state index is 0.831. The summed E-state index contributed by atoms with van der Waals surface area (Å²) in [5.41, 5.74) is 0.831. The lowest BCUT2D eigenvalue weighted by molar-refractivity contribution is 0.895. The Kier molecular flexibility index (Phi) is 1.07. The van der Waals surface area contributed by atoms with Crippen LogP contribution in [-0.4, -0.2) is 15.4 Å². The molecule has 3 nitrogen and oxygen atoms in total. The fourth-order valence-corrected chi connectivity index (χ4v) is 0.791. The maximum Gasteiger partial charge on any atom is 0.0969 e. The normalized spacial score (nSPS) is 10.0. The van der Waals surface area contributed by atoms with E-state index in [0.717, 1.165) is 10.9 Å². The molecule has 0 amide bonds. The molecule has 0 N–H and O–H groups in total. The number of hydrogen-bond acceptors (Lipinski definition) is 3. The average molecular weight is 130 g/mol. The number of rotatable bonds is 0. The molecule has 0 saturated heterocycles. The molecule has 10 heavy (non-hydrogen) atoms. The van der Waals surface area contributed by atoms with Crippen LogP contribution < -0.4 is 0 Å². The third kappa shape index (κ3) is 0.719. The second kappa shape index (κ2) is 2.02. The first-order chi connectivity index (χ1) is 4.97. The van der Waals surface area contributed by atoms with Crippen molar-refractivity contribution in [2.75, 3.05) is 0 Å². The number of aromatic nitrogens is 3. The summed E-state index contributed by atoms with van der Waals surface area (Å²) in [5.74, 6) is 0. The molecule has 1 aromatic carbocycles. The van der Waals surface area contributed by atoms with Gasteiger partial charge in [0.05, 0.1) is 11.7 Å². The first-order valence-electron chi connectivity index (χ1n) is 2.91. The first kappa shape index (κ1) is 5.29. The molecule has 0 fully saturated rings. The van der Waals surface area contributed by atoms with Crippen LogP contribution in [0.3, 0.4) is 0 Å². The lowest BCUT2D eigenvalue weighted by Crippen LogP contribution is -1.85. The Hall–Kier alpha value is -1.51. The minimum atomic E-state index is 0.831. The van der Waals surface area contributed by atoms with Crippen LogP contribution in [0.5, 0.6) is 0 Å². The van der Waals surface area contributed by atoms with Crippen LogP contribution >= 0.6 is 0 Å². The highest BCUT2D eigenvalue weighted by atomic mass is 15.3. The van der Waals surface area contributed by atoms with Gasteiger partial charge in [-0.2, -0.15) is 0 Å². The van der Waals surface area contributed by atoms with Crippen molar-refractivity contribution < 1.29 is 0 Å². The SMILES string of the molecule is [c]1ccc2cnnnc2c1. The predicted octanol–water partition coefficient (Wildman–Crippen LogP) is 0.825. The van der Waals surface area contributed by atoms with Gasteiger partial charge in [-0.1, -0.05) is 12.1 Å². The van der Waals surface area contributed by atoms with Crippen LogP contribution in [0.2, 0.25) is 0 Å². The zero-order chi connectivity index (χ0) is 6.81. The molecular weight excluding hydrogens is 126 g/mol. The maximum absolute atomic E-state index is 3.79. The fourth-order valence-electron chi connectivity index (χ4n) is 0.791. The number of hydrogen-bond donors (Lipinski definition) is 0. The Labute approximate surface area is 57.7 Å². The first-order valence-corrected chi connectivity index (χ1v) is 2.91. The van der Waals surface area contributed by atoms with E-state index >= 15 is 0 Å². The monoisotopic (exact) mass is 130 g/mol. The smallest absolute Gasteiger partial charge is 0.0969 e. The van der Waals surface area contributed by atoms with Gasteiger partial charge in [0.1, 0.15) is 0 Å². The zero-order valence-electron chi connectivity index (χ0n) is 5.15. The van der Waals surface area contributed by atoms with E-state index in [4.69, 9.17) is 0 Å². The summed E-state index contributed by atoms with van der Waals surface area (Å²) in [6, 6.07) is 8.41. The highest BCUT2D eigenvalue weighted by molar-refractivity contribution is 5.76. The third-order valence-electron chi connectivity index (χ3n) is 1.28. The minimum Gasteiger partial charge on any atom is -0.138 e. The average Bonchev–Trinajstić information content (AvgIpc) is 2.05. The van der Waals surface area contributed by atoms with Gasteiger partial charge in [0, 0.05) is 5.39 Å². The van der Waals surface area contributed by atoms with Crippen molar-refractivity contribution >= 4 is 10.9 Å². The molecule has 47 valence electrons. The van der Waals surface area contributed by atoms with Gasteiger partial charge in [-0.3, -0.25) is 0 Å². The van der Waals surface area contributed by atoms with E-state index in [9.17, 15) is 0 Å². The molecule has 0 atom stereocenters. The lowest BCUT2D eigenvalue weighted by atomic mass is 10.2. The van der Waals surface area contributed by atoms with E-state index in [1.54, 1.807) is 12.3 Å². The van der Waals surface area contributed by atoms with E-state index in [0.29, 0.717) is 0 Å². The zero-order valence-corrected chi connectivity index (χ0v) is 5.15. The van der Waals surface area contributed by atoms with Crippen molar-refractivity contribution in [3.8, 4) is 0 Å². The quantitative estimate of drug-likeness (QED) is 0.530. The summed E-state index contributed by atoms with van der Waals surface area (Å²) < 4.78 is 0. The molecule has 0 aliphatic heterocycles. The Bertz CT molecular complexity index is 280. The van der Waals surface area contributed by atoms with Crippen molar-refractivity contribution in [1.82, 2.24) is 15.4 Å². The summed E-state index contributed by atoms with van der Waals surface area (Å²) in [5, 5.41) is 11.9. The largest absolute Gasteiger partial charge is 0.138 e. The molecule has 0 bridgehead atoms. The molecule has 1 radical (unpaired) electrons. The molecule has 2 rings (SSSR count). The summed E-state index contributed by atoms with van der Waals surface area (Å²) in [6.07, 6.45) is 1.68. The number of nitrogens with zero attached hydrogens (tertiary/aromatic N) is 3. The molecule has 2 aromatic rings. The van der Waals surface area contributed by atoms with Crippen LogP contribution in [-0.2, 0) is 0 Å². The number of fused-ring (bicyclic) bond motifs is 1. The van der Waals surface area contributed by atoms with E-state index in [-0.39, 0.29) is 0 Å². The van der Waals surface area contributed by atoms with Crippen LogP contribution in [0, 0.1) is 6.07 Å². The summed E-state index contributed by atoms with van der Waals surface area (Å²) in [6.45, 7) is 0. The Morgan fingerprint density at radius 3 is 3.30 bits per heavy atom. The van der Waals surface area contributed by atoms with E-state index in [1.807, 2.05) is 12.1 Å². The third-order valence-corrected chi connectivity index (χ3v) is 1.28. The van der Waals surface area contributed by atoms with Crippen LogP contribution in [0.1, 0.15) is 0 Å². The molecule has 0 aliphatic rings. The fraction of sp³-hybridized carbons (Fsp3) is 0. The molecule has 1 aromatic heterocycles. The maximum atomic E-state index is 3.79. The van der Waals surface area contributed by atoms with Crippen LogP contribution in [0.25, 0.3) is 10.9 Å². The van der Waals surface area contributed by atoms with Gasteiger partial charge in [0.15, 0.2) is 0 Å². The van der Waals surface area contributed by atoms with Gasteiger partial charge in [-0.15, -0.1) is 10.2 Å². The molecule has 0 saturated carbocycles. The highest BCUT2D eigenvalue weighted by Crippen LogP contribution is 2.04. The van der Waals surface area contributed by atoms with Gasteiger partial charge in [0.2, 0.25) is 0 Å². The van der Waals surface area contributed by atoms with Crippen LogP contribution in [0.4, 0.5) is 0 Å². The number of benzene rings is 1. The topological polar surface area (TPSA) is 38.7 Å². The van der Waals surface area contributed by atoms with Crippen molar-refractivity contribution in [2.45, 2.75) is 0 Å². The molecule has 1 heterocycles. The van der Waals surface area contributed by atoms with E-state index in [2.05, 4.69) is 21.5 Å². The second-order valence-electron chi connectivity index (χ2n) is 1.92. The van der Waals surface area contributed by atoms with Crippen molar-refractivity contribution in [3.63, 3.8) is 0 Å². The standard InChI is InChI=1S/C7H4N3/c1-2-4-7-6(3-1)5-8-10-9-7/h1,3-5H. The second-order valence-corrected chi connectivity index (χ2v) is 1.92. The lowest BCUT2D eigenvalue weighted by Gasteiger charge is -1.88. The highest BCUT2D eigenvalue weighted by Gasteiger charge is 1.89. The van der Waals surface area contributed by atoms with Gasteiger partial charge < -0.3 is 0 Å². The molecule has 0 unspecified atom stereocenters. The van der Waals surface area contributed by atoms with E-state index < -0.39 is 0 Å². The van der Waals surface area contributed by atoms with Gasteiger partial charge in [0.25, 0.3) is 0 Å². The Balaban J connectivity index is 2.89. The Morgan fingerprint density at radius 2 is 2.40 bits per heavy atom. The summed E-state index contributed by atoms with van der Waals surface area (Å²) in [4.78, 5) is 0. The van der Waals surface area contributed by atoms with Crippen molar-refractivity contribution in [2.24, 2.45) is 0 Å². The summed E-state index contributed by atoms with van der Waals surface area (Å²) in [7, 11) is 0. The van der Waals surface area contributed by atoms with Gasteiger partial charge >= 0.3 is 0 Å². The predicted molar refractivity (Wildman–Crippen MR) is 36.2 cm³/mol. The van der Waals surface area contributed by atoms with Gasteiger partial charge in [-0.25, -0.2) is 0 Å². The van der Waals surface area contributed by atoms with Crippen LogP contribution in [0.15, 0.2) is 24.4 Å². The molecule has 3 heteroatoms. The summed E-state index contributed by atoms with van der Waals surface area (Å²) >= 11 is 0. The van der Waals surface area contributed by atoms with Crippen molar-refractivity contribution in [1.29, 1.82) is 0 Å². The van der Waals surface area contributed by atoms with E-state index in [1.165, 1.54) is 0 Å². The molecule has 0 aliphatic carbocycles. The van der Waals surface area contributed by atoms with Gasteiger partial charge in [-0.05, 0) is 17.3 Å².